The Morgan fingerprint density at radius 1 is 0.867 bits per heavy atom. The van der Waals surface area contributed by atoms with Crippen molar-refractivity contribution >= 4 is 23.4 Å². The van der Waals surface area contributed by atoms with Gasteiger partial charge in [0.05, 0.1) is 14.2 Å². The second kappa shape index (κ2) is 4.03. The summed E-state index contributed by atoms with van der Waals surface area (Å²) in [6.45, 7) is 0. The minimum absolute atomic E-state index is 0.740. The van der Waals surface area contributed by atoms with Gasteiger partial charge in [-0.2, -0.15) is 0 Å². The molecule has 0 saturated heterocycles. The number of hydrogen-bond acceptors (Lipinski definition) is 3. The van der Waals surface area contributed by atoms with Crippen LogP contribution in [0.2, 0.25) is 0 Å². The van der Waals surface area contributed by atoms with E-state index in [0.717, 1.165) is 27.2 Å². The van der Waals surface area contributed by atoms with Gasteiger partial charge in [-0.15, -0.1) is 12.6 Å². The highest BCUT2D eigenvalue weighted by Crippen LogP contribution is 2.32. The lowest BCUT2D eigenvalue weighted by Crippen LogP contribution is -1.90. The van der Waals surface area contributed by atoms with E-state index in [0.29, 0.717) is 0 Å². The third kappa shape index (κ3) is 1.88. The maximum Gasteiger partial charge on any atom is 0.161 e. The Labute approximate surface area is 94.2 Å². The normalized spacial score (nSPS) is 10.3. The molecule has 78 valence electrons. The van der Waals surface area contributed by atoms with Gasteiger partial charge < -0.3 is 9.47 Å². The molecule has 0 fully saturated rings. The standard InChI is InChI=1S/C12H12O2S/c1-13-11-6-8-3-4-10(15)5-9(8)7-12(11)14-2/h3-7,15H,1-2H3. The predicted octanol–water partition coefficient (Wildman–Crippen LogP) is 3.15. The van der Waals surface area contributed by atoms with Gasteiger partial charge in [-0.25, -0.2) is 0 Å². The van der Waals surface area contributed by atoms with Crippen molar-refractivity contribution in [3.63, 3.8) is 0 Å². The molecule has 0 amide bonds. The van der Waals surface area contributed by atoms with Crippen LogP contribution in [0.3, 0.4) is 0 Å². The van der Waals surface area contributed by atoms with Crippen molar-refractivity contribution in [2.75, 3.05) is 14.2 Å². The molecule has 0 aliphatic carbocycles. The van der Waals surface area contributed by atoms with Crippen molar-refractivity contribution < 1.29 is 9.47 Å². The van der Waals surface area contributed by atoms with Crippen molar-refractivity contribution in [1.29, 1.82) is 0 Å². The van der Waals surface area contributed by atoms with Crippen LogP contribution in [-0.4, -0.2) is 14.2 Å². The molecule has 0 radical (unpaired) electrons. The molecule has 0 saturated carbocycles. The summed E-state index contributed by atoms with van der Waals surface area (Å²) in [5.74, 6) is 1.49. The fourth-order valence-corrected chi connectivity index (χ4v) is 1.78. The van der Waals surface area contributed by atoms with Crippen molar-refractivity contribution in [1.82, 2.24) is 0 Å². The second-order valence-corrected chi connectivity index (χ2v) is 3.76. The minimum Gasteiger partial charge on any atom is -0.493 e. The second-order valence-electron chi connectivity index (χ2n) is 3.24. The quantitative estimate of drug-likeness (QED) is 0.784. The lowest BCUT2D eigenvalue weighted by Gasteiger charge is -2.09. The van der Waals surface area contributed by atoms with Crippen LogP contribution in [0.15, 0.2) is 35.2 Å². The summed E-state index contributed by atoms with van der Waals surface area (Å²) in [6.07, 6.45) is 0. The van der Waals surface area contributed by atoms with Crippen LogP contribution in [0, 0.1) is 0 Å². The molecule has 0 aromatic heterocycles. The van der Waals surface area contributed by atoms with E-state index in [2.05, 4.69) is 12.6 Å². The topological polar surface area (TPSA) is 18.5 Å². The molecular formula is C12H12O2S. The van der Waals surface area contributed by atoms with E-state index in [1.54, 1.807) is 14.2 Å². The monoisotopic (exact) mass is 220 g/mol. The van der Waals surface area contributed by atoms with Crippen LogP contribution in [0.25, 0.3) is 10.8 Å². The molecule has 3 heteroatoms. The first-order valence-corrected chi connectivity index (χ1v) is 5.04. The smallest absolute Gasteiger partial charge is 0.161 e. The average molecular weight is 220 g/mol. The molecule has 0 bridgehead atoms. The van der Waals surface area contributed by atoms with E-state index >= 15 is 0 Å². The third-order valence-electron chi connectivity index (χ3n) is 2.33. The lowest BCUT2D eigenvalue weighted by atomic mass is 10.1. The van der Waals surface area contributed by atoms with Gasteiger partial charge in [-0.3, -0.25) is 0 Å². The molecule has 0 heterocycles. The summed E-state index contributed by atoms with van der Waals surface area (Å²) in [5.41, 5.74) is 0. The van der Waals surface area contributed by atoms with Gasteiger partial charge in [0.2, 0.25) is 0 Å². The molecule has 0 spiro atoms. The highest BCUT2D eigenvalue weighted by atomic mass is 32.1. The average Bonchev–Trinajstić information content (AvgIpc) is 2.27. The largest absolute Gasteiger partial charge is 0.493 e. The van der Waals surface area contributed by atoms with Gasteiger partial charge >= 0.3 is 0 Å². The van der Waals surface area contributed by atoms with E-state index in [4.69, 9.17) is 9.47 Å². The van der Waals surface area contributed by atoms with Crippen molar-refractivity contribution in [2.45, 2.75) is 4.90 Å². The van der Waals surface area contributed by atoms with E-state index < -0.39 is 0 Å². The molecule has 0 N–H and O–H groups in total. The van der Waals surface area contributed by atoms with Gasteiger partial charge in [-0.1, -0.05) is 6.07 Å². The van der Waals surface area contributed by atoms with Gasteiger partial charge in [0.15, 0.2) is 11.5 Å². The number of hydrogen-bond donors (Lipinski definition) is 1. The molecule has 2 rings (SSSR count). The molecule has 0 aliphatic heterocycles. The maximum absolute atomic E-state index is 5.23. The number of methoxy groups -OCH3 is 2. The molecular weight excluding hydrogens is 208 g/mol. The van der Waals surface area contributed by atoms with Gasteiger partial charge in [0.25, 0.3) is 0 Å². The summed E-state index contributed by atoms with van der Waals surface area (Å²) in [7, 11) is 3.27. The van der Waals surface area contributed by atoms with Crippen LogP contribution in [-0.2, 0) is 0 Å². The number of fused-ring (bicyclic) bond motifs is 1. The number of ether oxygens (including phenoxy) is 2. The van der Waals surface area contributed by atoms with Crippen LogP contribution >= 0.6 is 12.6 Å². The van der Waals surface area contributed by atoms with Crippen LogP contribution in [0.5, 0.6) is 11.5 Å². The molecule has 2 aromatic rings. The fraction of sp³-hybridized carbons (Fsp3) is 0.167. The fourth-order valence-electron chi connectivity index (χ4n) is 1.56. The lowest BCUT2D eigenvalue weighted by molar-refractivity contribution is 0.356. The van der Waals surface area contributed by atoms with Crippen molar-refractivity contribution in [3.05, 3.63) is 30.3 Å². The molecule has 0 atom stereocenters. The molecule has 2 aromatic carbocycles. The van der Waals surface area contributed by atoms with Crippen LogP contribution in [0.1, 0.15) is 0 Å². The van der Waals surface area contributed by atoms with Crippen molar-refractivity contribution in [2.24, 2.45) is 0 Å². The zero-order valence-corrected chi connectivity index (χ0v) is 9.54. The van der Waals surface area contributed by atoms with Crippen molar-refractivity contribution in [3.8, 4) is 11.5 Å². The number of thiol groups is 1. The minimum atomic E-state index is 0.740. The van der Waals surface area contributed by atoms with Gasteiger partial charge in [-0.05, 0) is 35.0 Å². The Balaban J connectivity index is 2.69. The molecule has 0 unspecified atom stereocenters. The first-order valence-electron chi connectivity index (χ1n) is 4.59. The zero-order chi connectivity index (χ0) is 10.8. The van der Waals surface area contributed by atoms with Gasteiger partial charge in [0, 0.05) is 4.90 Å². The molecule has 15 heavy (non-hydrogen) atoms. The predicted molar refractivity (Wildman–Crippen MR) is 64.3 cm³/mol. The summed E-state index contributed by atoms with van der Waals surface area (Å²) in [4.78, 5) is 0.940. The summed E-state index contributed by atoms with van der Waals surface area (Å²) in [5, 5.41) is 2.21. The van der Waals surface area contributed by atoms with Crippen LogP contribution < -0.4 is 9.47 Å². The Kier molecular flexibility index (Phi) is 2.73. The zero-order valence-electron chi connectivity index (χ0n) is 8.65. The summed E-state index contributed by atoms with van der Waals surface area (Å²) in [6, 6.07) is 9.88. The molecule has 2 nitrogen and oxygen atoms in total. The number of benzene rings is 2. The highest BCUT2D eigenvalue weighted by Gasteiger charge is 2.05. The molecule has 0 aliphatic rings. The first kappa shape index (κ1) is 10.2. The van der Waals surface area contributed by atoms with Gasteiger partial charge in [0.1, 0.15) is 0 Å². The third-order valence-corrected chi connectivity index (χ3v) is 2.60. The Morgan fingerprint density at radius 2 is 1.47 bits per heavy atom. The number of rotatable bonds is 2. The summed E-state index contributed by atoms with van der Waals surface area (Å²) < 4.78 is 10.5. The van der Waals surface area contributed by atoms with E-state index in [1.807, 2.05) is 30.3 Å². The SMILES string of the molecule is COc1cc2ccc(S)cc2cc1OC. The highest BCUT2D eigenvalue weighted by molar-refractivity contribution is 7.80. The van der Waals surface area contributed by atoms with E-state index in [-0.39, 0.29) is 0 Å². The Bertz CT molecular complexity index is 494. The Morgan fingerprint density at radius 3 is 2.07 bits per heavy atom. The first-order chi connectivity index (χ1) is 7.24. The van der Waals surface area contributed by atoms with Crippen LogP contribution in [0.4, 0.5) is 0 Å². The van der Waals surface area contributed by atoms with E-state index in [1.165, 1.54) is 0 Å². The maximum atomic E-state index is 5.23. The summed E-state index contributed by atoms with van der Waals surface area (Å²) >= 11 is 4.30. The van der Waals surface area contributed by atoms with E-state index in [9.17, 15) is 0 Å². The Hall–Kier alpha value is -1.35.